The molecule has 9 heavy (non-hydrogen) atoms. The largest absolute Gasteiger partial charge is 0.465 e. The van der Waals surface area contributed by atoms with E-state index in [0.29, 0.717) is 0 Å². The zero-order valence-corrected chi connectivity index (χ0v) is 5.25. The number of carbonyl (C=O) groups excluding carboxylic acids is 1. The molecule has 0 aliphatic carbocycles. The van der Waals surface area contributed by atoms with E-state index in [-0.39, 0.29) is 0 Å². The maximum absolute atomic E-state index is 10.2. The minimum Gasteiger partial charge on any atom is -0.465 e. The van der Waals surface area contributed by atoms with Gasteiger partial charge in [-0.05, 0) is 5.16 Å². The second-order valence-corrected chi connectivity index (χ2v) is 1.07. The van der Waals surface area contributed by atoms with Crippen LogP contribution in [0.5, 0.6) is 0 Å². The van der Waals surface area contributed by atoms with Gasteiger partial charge >= 0.3 is 5.97 Å². The Morgan fingerprint density at radius 2 is 2.33 bits per heavy atom. The molecule has 50 valence electrons. The quantitative estimate of drug-likeness (QED) is 0.227. The molecule has 0 N–H and O–H groups in total. The van der Waals surface area contributed by atoms with E-state index in [1.807, 2.05) is 0 Å². The number of hydrogen-bond donors (Lipinski definition) is 0. The summed E-state index contributed by atoms with van der Waals surface area (Å²) in [5.74, 6) is 1.69. The van der Waals surface area contributed by atoms with E-state index in [4.69, 9.17) is 0 Å². The molecule has 0 atom stereocenters. The third-order valence-corrected chi connectivity index (χ3v) is 0.528. The average Bonchev–Trinajstić information content (AvgIpc) is 1.89. The smallest absolute Gasteiger partial charge is 0.340 e. The van der Waals surface area contributed by atoms with Gasteiger partial charge in [-0.1, -0.05) is 0 Å². The summed E-state index contributed by atoms with van der Waals surface area (Å²) < 4.78 is 4.22. The molecule has 0 unspecified atom stereocenters. The lowest BCUT2D eigenvalue weighted by atomic mass is 10.6. The minimum atomic E-state index is -0.504. The molecular formula is C5H7NO3. The van der Waals surface area contributed by atoms with Crippen molar-refractivity contribution in [3.8, 4) is 0 Å². The van der Waals surface area contributed by atoms with Crippen LogP contribution in [-0.2, 0) is 14.4 Å². The molecular weight excluding hydrogens is 122 g/mol. The summed E-state index contributed by atoms with van der Waals surface area (Å²) in [4.78, 5) is 14.4. The maximum atomic E-state index is 10.2. The molecule has 4 heteroatoms. The van der Waals surface area contributed by atoms with Crippen molar-refractivity contribution in [1.29, 1.82) is 0 Å². The van der Waals surface area contributed by atoms with Gasteiger partial charge in [0, 0.05) is 5.87 Å². The molecule has 0 aromatic rings. The van der Waals surface area contributed by atoms with Gasteiger partial charge in [0.05, 0.1) is 13.2 Å². The molecule has 0 saturated carbocycles. The Kier molecular flexibility index (Phi) is 4.18. The molecule has 0 heterocycles. The lowest BCUT2D eigenvalue weighted by Crippen LogP contribution is -1.93. The Hall–Kier alpha value is -1.28. The number of hydrogen-bond acceptors (Lipinski definition) is 4. The molecule has 0 aromatic carbocycles. The second kappa shape index (κ2) is 4.87. The van der Waals surface area contributed by atoms with E-state index in [1.165, 1.54) is 14.2 Å². The Labute approximate surface area is 52.7 Å². The van der Waals surface area contributed by atoms with Crippen LogP contribution in [0.15, 0.2) is 11.2 Å². The van der Waals surface area contributed by atoms with Gasteiger partial charge in [-0.25, -0.2) is 4.79 Å². The van der Waals surface area contributed by atoms with E-state index in [9.17, 15) is 4.79 Å². The first-order chi connectivity index (χ1) is 4.31. The topological polar surface area (TPSA) is 47.9 Å². The van der Waals surface area contributed by atoms with Gasteiger partial charge in [0.15, 0.2) is 0 Å². The van der Waals surface area contributed by atoms with Crippen LogP contribution in [0.3, 0.4) is 0 Å². The minimum absolute atomic E-state index is 0.504. The average molecular weight is 129 g/mol. The van der Waals surface area contributed by atoms with Gasteiger partial charge < -0.3 is 9.57 Å². The van der Waals surface area contributed by atoms with E-state index in [1.54, 1.807) is 0 Å². The monoisotopic (exact) mass is 129 g/mol. The molecule has 0 saturated heterocycles. The van der Waals surface area contributed by atoms with Crippen molar-refractivity contribution in [3.05, 3.63) is 6.08 Å². The van der Waals surface area contributed by atoms with Gasteiger partial charge in [-0.3, -0.25) is 0 Å². The van der Waals surface area contributed by atoms with Gasteiger partial charge in [0.2, 0.25) is 0 Å². The van der Waals surface area contributed by atoms with E-state index >= 15 is 0 Å². The first-order valence-corrected chi connectivity index (χ1v) is 2.21. The highest BCUT2D eigenvalue weighted by atomic mass is 16.6. The molecule has 0 aliphatic rings. The predicted molar refractivity (Wildman–Crippen MR) is 31.0 cm³/mol. The van der Waals surface area contributed by atoms with Crippen LogP contribution in [0.4, 0.5) is 0 Å². The predicted octanol–water partition coefficient (Wildman–Crippen LogP) is -0.0533. The number of ether oxygens (including phenoxy) is 1. The summed E-state index contributed by atoms with van der Waals surface area (Å²) in [7, 11) is 2.63. The summed E-state index contributed by atoms with van der Waals surface area (Å²) in [5, 5.41) is 3.15. The zero-order chi connectivity index (χ0) is 7.11. The number of methoxy groups -OCH3 is 1. The van der Waals surface area contributed by atoms with Crippen LogP contribution in [0.1, 0.15) is 0 Å². The van der Waals surface area contributed by atoms with Crippen LogP contribution < -0.4 is 0 Å². The van der Waals surface area contributed by atoms with Gasteiger partial charge in [-0.15, -0.1) is 0 Å². The van der Waals surface area contributed by atoms with E-state index in [0.717, 1.165) is 6.08 Å². The fourth-order valence-corrected chi connectivity index (χ4v) is 0.191. The normalized spacial score (nSPS) is 6.89. The molecule has 0 aliphatic heterocycles. The number of rotatable bonds is 2. The fraction of sp³-hybridized carbons (Fsp3) is 0.400. The highest BCUT2D eigenvalue weighted by Gasteiger charge is 1.86. The summed E-state index contributed by atoms with van der Waals surface area (Å²) in [6.45, 7) is 0. The Bertz CT molecular complexity index is 146. The Morgan fingerprint density at radius 1 is 1.67 bits per heavy atom. The van der Waals surface area contributed by atoms with Crippen molar-refractivity contribution >= 4 is 11.8 Å². The van der Waals surface area contributed by atoms with Crippen LogP contribution in [0.25, 0.3) is 0 Å². The van der Waals surface area contributed by atoms with Gasteiger partial charge in [0.25, 0.3) is 0 Å². The van der Waals surface area contributed by atoms with Crippen molar-refractivity contribution in [2.75, 3.05) is 14.2 Å². The standard InChI is InChI=1S/C5H7NO3/c1-8-5(7)3-4-6-9-2/h3H,1-2H3. The van der Waals surface area contributed by atoms with Crippen molar-refractivity contribution < 1.29 is 14.4 Å². The third-order valence-electron chi connectivity index (χ3n) is 0.528. The fourth-order valence-electron chi connectivity index (χ4n) is 0.191. The third kappa shape index (κ3) is 4.58. The molecule has 0 spiro atoms. The first-order valence-electron chi connectivity index (χ1n) is 2.21. The van der Waals surface area contributed by atoms with E-state index in [2.05, 4.69) is 20.6 Å². The summed E-state index contributed by atoms with van der Waals surface area (Å²) >= 11 is 0. The molecule has 0 bridgehead atoms. The number of carbonyl (C=O) groups is 1. The number of esters is 1. The first kappa shape index (κ1) is 7.72. The molecule has 0 aromatic heterocycles. The molecule has 0 radical (unpaired) electrons. The van der Waals surface area contributed by atoms with Gasteiger partial charge in [0.1, 0.15) is 7.11 Å². The summed E-state index contributed by atoms with van der Waals surface area (Å²) in [6, 6.07) is 0. The van der Waals surface area contributed by atoms with Crippen molar-refractivity contribution in [1.82, 2.24) is 0 Å². The Balaban J connectivity index is 3.69. The Morgan fingerprint density at radius 3 is 2.78 bits per heavy atom. The number of nitrogens with zero attached hydrogens (tertiary/aromatic N) is 1. The maximum Gasteiger partial charge on any atom is 0.340 e. The highest BCUT2D eigenvalue weighted by molar-refractivity contribution is 5.90. The van der Waals surface area contributed by atoms with E-state index < -0.39 is 5.97 Å². The molecule has 4 nitrogen and oxygen atoms in total. The second-order valence-electron chi connectivity index (χ2n) is 1.07. The van der Waals surface area contributed by atoms with Gasteiger partial charge in [-0.2, -0.15) is 0 Å². The lowest BCUT2D eigenvalue weighted by Gasteiger charge is -1.83. The van der Waals surface area contributed by atoms with Crippen LogP contribution in [0, 0.1) is 0 Å². The SMILES string of the molecule is CON=C=CC(=O)OC. The lowest BCUT2D eigenvalue weighted by molar-refractivity contribution is -0.134. The molecule has 0 rings (SSSR count). The summed E-state index contributed by atoms with van der Waals surface area (Å²) in [6.07, 6.45) is 1.03. The van der Waals surface area contributed by atoms with Crippen molar-refractivity contribution in [2.45, 2.75) is 0 Å². The zero-order valence-electron chi connectivity index (χ0n) is 5.25. The molecule has 0 fully saturated rings. The molecule has 0 amide bonds. The van der Waals surface area contributed by atoms with Crippen molar-refractivity contribution in [3.63, 3.8) is 0 Å². The highest BCUT2D eigenvalue weighted by Crippen LogP contribution is 1.69. The van der Waals surface area contributed by atoms with Crippen LogP contribution >= 0.6 is 0 Å². The van der Waals surface area contributed by atoms with Crippen LogP contribution in [0.2, 0.25) is 0 Å². The van der Waals surface area contributed by atoms with Crippen molar-refractivity contribution in [2.24, 2.45) is 5.16 Å². The van der Waals surface area contributed by atoms with Crippen LogP contribution in [-0.4, -0.2) is 26.1 Å². The summed E-state index contributed by atoms with van der Waals surface area (Å²) in [5.41, 5.74) is 0.